The molecule has 0 spiro atoms. The Hall–Kier alpha value is -2.30. The summed E-state index contributed by atoms with van der Waals surface area (Å²) >= 11 is 0. The monoisotopic (exact) mass is 300 g/mol. The van der Waals surface area contributed by atoms with Gasteiger partial charge >= 0.3 is 0 Å². The summed E-state index contributed by atoms with van der Waals surface area (Å²) in [7, 11) is 0. The summed E-state index contributed by atoms with van der Waals surface area (Å²) in [6.45, 7) is 8.84. The summed E-state index contributed by atoms with van der Waals surface area (Å²) in [5.41, 5.74) is 9.05. The van der Waals surface area contributed by atoms with E-state index in [1.54, 1.807) is 0 Å². The zero-order valence-corrected chi connectivity index (χ0v) is 13.6. The van der Waals surface area contributed by atoms with Gasteiger partial charge in [-0.1, -0.05) is 45.0 Å². The van der Waals surface area contributed by atoms with E-state index >= 15 is 0 Å². The molecule has 0 aliphatic heterocycles. The fourth-order valence-electron chi connectivity index (χ4n) is 2.00. The van der Waals surface area contributed by atoms with Gasteiger partial charge in [0.2, 0.25) is 0 Å². The molecule has 22 heavy (non-hydrogen) atoms. The molecule has 2 aromatic rings. The number of hydrogen-bond donors (Lipinski definition) is 2. The number of benzene rings is 1. The minimum Gasteiger partial charge on any atom is -0.370 e. The fraction of sp³-hybridized carbons (Fsp3) is 0.412. The van der Waals surface area contributed by atoms with Crippen molar-refractivity contribution in [3.63, 3.8) is 0 Å². The number of guanidine groups is 1. The average molecular weight is 300 g/mol. The van der Waals surface area contributed by atoms with E-state index in [-0.39, 0.29) is 0 Å². The number of nitrogens with one attached hydrogen (secondary N) is 1. The Kier molecular flexibility index (Phi) is 5.20. The van der Waals surface area contributed by atoms with Gasteiger partial charge in [-0.15, -0.1) is 0 Å². The molecule has 3 N–H and O–H groups in total. The predicted octanol–water partition coefficient (Wildman–Crippen LogP) is 3.85. The summed E-state index contributed by atoms with van der Waals surface area (Å²) < 4.78 is 5.24. The van der Waals surface area contributed by atoms with Gasteiger partial charge in [-0.05, 0) is 29.5 Å². The van der Waals surface area contributed by atoms with Crippen molar-refractivity contribution >= 4 is 11.6 Å². The Balaban J connectivity index is 1.98. The van der Waals surface area contributed by atoms with Crippen LogP contribution in [0.4, 0.5) is 5.69 Å². The quantitative estimate of drug-likeness (QED) is 0.649. The molecule has 0 radical (unpaired) electrons. The third-order valence-electron chi connectivity index (χ3n) is 3.40. The summed E-state index contributed by atoms with van der Waals surface area (Å²) in [5.74, 6) is 1.90. The predicted molar refractivity (Wildman–Crippen MR) is 90.1 cm³/mol. The summed E-state index contributed by atoms with van der Waals surface area (Å²) in [4.78, 5) is 4.29. The van der Waals surface area contributed by atoms with Gasteiger partial charge in [-0.25, -0.2) is 4.99 Å². The molecule has 1 aromatic carbocycles. The van der Waals surface area contributed by atoms with E-state index in [0.29, 0.717) is 30.1 Å². The molecule has 0 atom stereocenters. The zero-order chi connectivity index (χ0) is 16.1. The molecule has 5 nitrogen and oxygen atoms in total. The molecular formula is C17H24N4O. The maximum atomic E-state index is 5.92. The lowest BCUT2D eigenvalue weighted by atomic mass is 10.0. The third-order valence-corrected chi connectivity index (χ3v) is 3.40. The highest BCUT2D eigenvalue weighted by Gasteiger charge is 2.07. The van der Waals surface area contributed by atoms with Crippen LogP contribution >= 0.6 is 0 Å². The van der Waals surface area contributed by atoms with E-state index < -0.39 is 0 Å². The van der Waals surface area contributed by atoms with Crippen molar-refractivity contribution in [2.45, 2.75) is 46.1 Å². The number of nitrogens with zero attached hydrogens (tertiary/aromatic N) is 2. The lowest BCUT2D eigenvalue weighted by molar-refractivity contribution is 0.376. The lowest BCUT2D eigenvalue weighted by Gasteiger charge is -2.09. The van der Waals surface area contributed by atoms with E-state index in [1.807, 2.05) is 18.2 Å². The van der Waals surface area contributed by atoms with Gasteiger partial charge in [0.15, 0.2) is 11.7 Å². The number of anilines is 1. The largest absolute Gasteiger partial charge is 0.370 e. The smallest absolute Gasteiger partial charge is 0.193 e. The van der Waals surface area contributed by atoms with Gasteiger partial charge < -0.3 is 15.6 Å². The second kappa shape index (κ2) is 7.11. The highest BCUT2D eigenvalue weighted by atomic mass is 16.5. The number of nitrogens with two attached hydrogens (primary N) is 1. The molecule has 1 heterocycles. The van der Waals surface area contributed by atoms with E-state index in [1.165, 1.54) is 5.56 Å². The van der Waals surface area contributed by atoms with Gasteiger partial charge in [0.25, 0.3) is 0 Å². The van der Waals surface area contributed by atoms with Gasteiger partial charge in [0.05, 0.1) is 5.69 Å². The number of aliphatic imine (C=N–C) groups is 1. The first-order chi connectivity index (χ1) is 10.5. The molecule has 0 aliphatic carbocycles. The summed E-state index contributed by atoms with van der Waals surface area (Å²) in [5, 5.41) is 7.11. The molecule has 118 valence electrons. The maximum Gasteiger partial charge on any atom is 0.193 e. The minimum absolute atomic E-state index is 0.343. The first kappa shape index (κ1) is 16.1. The van der Waals surface area contributed by atoms with E-state index in [4.69, 9.17) is 10.3 Å². The maximum absolute atomic E-state index is 5.92. The number of hydrogen-bond acceptors (Lipinski definition) is 3. The van der Waals surface area contributed by atoms with Crippen molar-refractivity contribution in [2.24, 2.45) is 10.7 Å². The van der Waals surface area contributed by atoms with Gasteiger partial charge in [-0.2, -0.15) is 0 Å². The Labute approximate surface area is 131 Å². The van der Waals surface area contributed by atoms with Crippen molar-refractivity contribution in [1.29, 1.82) is 0 Å². The average Bonchev–Trinajstić information content (AvgIpc) is 2.94. The molecule has 0 saturated heterocycles. The van der Waals surface area contributed by atoms with E-state index in [2.05, 4.69) is 55.3 Å². The second-order valence-corrected chi connectivity index (χ2v) is 5.98. The van der Waals surface area contributed by atoms with Crippen LogP contribution in [0, 0.1) is 0 Å². The van der Waals surface area contributed by atoms with Crippen LogP contribution in [0.1, 0.15) is 56.5 Å². The Morgan fingerprint density at radius 1 is 1.23 bits per heavy atom. The molecule has 2 rings (SSSR count). The van der Waals surface area contributed by atoms with Gasteiger partial charge in [0.1, 0.15) is 6.54 Å². The summed E-state index contributed by atoms with van der Waals surface area (Å²) in [6, 6.07) is 10.1. The Morgan fingerprint density at radius 3 is 2.64 bits per heavy atom. The normalized spacial score (nSPS) is 12.2. The van der Waals surface area contributed by atoms with Crippen LogP contribution in [0.3, 0.4) is 0 Å². The van der Waals surface area contributed by atoms with Crippen LogP contribution in [0.2, 0.25) is 0 Å². The van der Waals surface area contributed by atoms with E-state index in [0.717, 1.165) is 11.4 Å². The van der Waals surface area contributed by atoms with Crippen molar-refractivity contribution in [1.82, 2.24) is 5.16 Å². The van der Waals surface area contributed by atoms with Crippen LogP contribution in [0.25, 0.3) is 0 Å². The topological polar surface area (TPSA) is 76.4 Å². The van der Waals surface area contributed by atoms with Crippen molar-refractivity contribution in [3.05, 3.63) is 47.3 Å². The third kappa shape index (κ3) is 4.35. The number of rotatable bonds is 5. The molecule has 0 unspecified atom stereocenters. The van der Waals surface area contributed by atoms with Crippen molar-refractivity contribution in [2.75, 3.05) is 5.32 Å². The Bertz CT molecular complexity index is 644. The molecule has 0 amide bonds. The van der Waals surface area contributed by atoms with Crippen LogP contribution in [0.15, 0.2) is 39.8 Å². The summed E-state index contributed by atoms with van der Waals surface area (Å²) in [6.07, 6.45) is 0. The second-order valence-electron chi connectivity index (χ2n) is 5.98. The molecule has 0 bridgehead atoms. The minimum atomic E-state index is 0.343. The first-order valence-corrected chi connectivity index (χ1v) is 7.58. The lowest BCUT2D eigenvalue weighted by Crippen LogP contribution is -2.22. The molecule has 0 aliphatic rings. The first-order valence-electron chi connectivity index (χ1n) is 7.58. The molecular weight excluding hydrogens is 276 g/mol. The van der Waals surface area contributed by atoms with Crippen LogP contribution in [-0.4, -0.2) is 11.1 Å². The molecule has 0 fully saturated rings. The highest BCUT2D eigenvalue weighted by Crippen LogP contribution is 2.18. The highest BCUT2D eigenvalue weighted by molar-refractivity contribution is 5.92. The van der Waals surface area contributed by atoms with E-state index in [9.17, 15) is 0 Å². The van der Waals surface area contributed by atoms with Crippen molar-refractivity contribution in [3.8, 4) is 0 Å². The van der Waals surface area contributed by atoms with Crippen LogP contribution in [0.5, 0.6) is 0 Å². The molecule has 1 aromatic heterocycles. The fourth-order valence-corrected chi connectivity index (χ4v) is 2.00. The van der Waals surface area contributed by atoms with Crippen molar-refractivity contribution < 1.29 is 4.52 Å². The molecule has 0 saturated carbocycles. The zero-order valence-electron chi connectivity index (χ0n) is 13.6. The SMILES string of the molecule is CC(C)c1cccc(NC(N)=NCc2cc(C(C)C)no2)c1. The van der Waals surface area contributed by atoms with Crippen LogP contribution in [-0.2, 0) is 6.54 Å². The van der Waals surface area contributed by atoms with Crippen LogP contribution < -0.4 is 11.1 Å². The standard InChI is InChI=1S/C17H24N4O/c1-11(2)13-6-5-7-14(8-13)20-17(18)19-10-15-9-16(12(3)4)21-22-15/h5-9,11-12H,10H2,1-4H3,(H3,18,19,20). The number of aromatic nitrogens is 1. The van der Waals surface area contributed by atoms with Gasteiger partial charge in [0, 0.05) is 11.8 Å². The molecule has 5 heteroatoms. The Morgan fingerprint density at radius 2 is 2.00 bits per heavy atom. The van der Waals surface area contributed by atoms with Gasteiger partial charge in [-0.3, -0.25) is 0 Å².